The number of methoxy groups -OCH3 is 1. The molecule has 0 aromatic heterocycles. The number of hydrogen-bond donors (Lipinski definition) is 0. The van der Waals surface area contributed by atoms with Gasteiger partial charge >= 0.3 is 10.2 Å². The number of rotatable bonds is 4. The Labute approximate surface area is 72.1 Å². The third kappa shape index (κ3) is 2.42. The van der Waals surface area contributed by atoms with E-state index in [0.717, 1.165) is 19.3 Å². The van der Waals surface area contributed by atoms with Gasteiger partial charge in [0.05, 0.1) is 12.4 Å². The molecule has 0 spiro atoms. The van der Waals surface area contributed by atoms with E-state index in [1.807, 2.05) is 0 Å². The Balaban J connectivity index is 2.56. The molecular weight excluding hydrogens is 183 g/mol. The summed E-state index contributed by atoms with van der Waals surface area (Å²) in [5.74, 6) is -0.381. The molecule has 0 unspecified atom stereocenters. The fourth-order valence-corrected chi connectivity index (χ4v) is 2.78. The van der Waals surface area contributed by atoms with Crippen LogP contribution in [0.1, 0.15) is 19.3 Å². The van der Waals surface area contributed by atoms with E-state index in [2.05, 4.69) is 0 Å². The molecule has 0 saturated heterocycles. The molecule has 0 aromatic rings. The normalized spacial score (nSPS) is 21.8. The Morgan fingerprint density at radius 1 is 1.50 bits per heavy atom. The largest absolute Gasteiger partial charge is 0.384 e. The van der Waals surface area contributed by atoms with Crippen molar-refractivity contribution in [1.82, 2.24) is 0 Å². The van der Waals surface area contributed by atoms with Crippen molar-refractivity contribution in [2.24, 2.45) is 5.41 Å². The van der Waals surface area contributed by atoms with E-state index >= 15 is 0 Å². The number of halogens is 1. The molecule has 0 bridgehead atoms. The van der Waals surface area contributed by atoms with Gasteiger partial charge < -0.3 is 4.74 Å². The van der Waals surface area contributed by atoms with E-state index in [1.165, 1.54) is 7.11 Å². The van der Waals surface area contributed by atoms with Crippen molar-refractivity contribution >= 4 is 10.2 Å². The van der Waals surface area contributed by atoms with Crippen molar-refractivity contribution < 1.29 is 17.0 Å². The minimum Gasteiger partial charge on any atom is -0.384 e. The standard InChI is InChI=1S/C7H13FO3S/c1-11-5-7(3-2-4-7)6-12(8,9)10/h2-6H2,1H3. The summed E-state index contributed by atoms with van der Waals surface area (Å²) >= 11 is 0. The molecule has 12 heavy (non-hydrogen) atoms. The van der Waals surface area contributed by atoms with Crippen molar-refractivity contribution in [2.45, 2.75) is 19.3 Å². The van der Waals surface area contributed by atoms with E-state index in [4.69, 9.17) is 4.74 Å². The lowest BCUT2D eigenvalue weighted by Gasteiger charge is -2.39. The summed E-state index contributed by atoms with van der Waals surface area (Å²) in [5.41, 5.74) is -0.428. The zero-order valence-corrected chi connectivity index (χ0v) is 7.86. The van der Waals surface area contributed by atoms with Crippen LogP contribution in [0.25, 0.3) is 0 Å². The van der Waals surface area contributed by atoms with Crippen LogP contribution in [0.4, 0.5) is 3.89 Å². The molecule has 72 valence electrons. The lowest BCUT2D eigenvalue weighted by molar-refractivity contribution is 0.0351. The zero-order valence-electron chi connectivity index (χ0n) is 7.05. The maximum Gasteiger partial charge on any atom is 0.303 e. The maximum atomic E-state index is 12.3. The summed E-state index contributed by atoms with van der Waals surface area (Å²) in [4.78, 5) is 0. The molecule has 0 aromatic carbocycles. The monoisotopic (exact) mass is 196 g/mol. The van der Waals surface area contributed by atoms with Crippen LogP contribution in [0, 0.1) is 5.41 Å². The summed E-state index contributed by atoms with van der Waals surface area (Å²) in [5, 5.41) is 0. The second-order valence-electron chi connectivity index (χ2n) is 3.47. The average Bonchev–Trinajstić information content (AvgIpc) is 1.80. The van der Waals surface area contributed by atoms with Gasteiger partial charge in [-0.05, 0) is 12.8 Å². The smallest absolute Gasteiger partial charge is 0.303 e. The van der Waals surface area contributed by atoms with Gasteiger partial charge in [-0.1, -0.05) is 6.42 Å². The van der Waals surface area contributed by atoms with Crippen molar-refractivity contribution in [3.8, 4) is 0 Å². The first kappa shape index (κ1) is 9.92. The molecule has 1 saturated carbocycles. The summed E-state index contributed by atoms with van der Waals surface area (Å²) in [6.45, 7) is 0.343. The second-order valence-corrected chi connectivity index (χ2v) is 4.84. The summed E-state index contributed by atoms with van der Waals surface area (Å²) in [6.07, 6.45) is 2.48. The fraction of sp³-hybridized carbons (Fsp3) is 1.00. The first-order valence-corrected chi connectivity index (χ1v) is 5.44. The van der Waals surface area contributed by atoms with E-state index in [1.54, 1.807) is 0 Å². The average molecular weight is 196 g/mol. The summed E-state index contributed by atoms with van der Waals surface area (Å²) in [7, 11) is -2.84. The van der Waals surface area contributed by atoms with Crippen LogP contribution >= 0.6 is 0 Å². The molecule has 5 heteroatoms. The van der Waals surface area contributed by atoms with Gasteiger partial charge in [0.15, 0.2) is 0 Å². The Bertz CT molecular complexity index is 243. The fourth-order valence-electron chi connectivity index (χ4n) is 1.68. The van der Waals surface area contributed by atoms with Crippen LogP contribution in [0.2, 0.25) is 0 Å². The minimum atomic E-state index is -4.34. The maximum absolute atomic E-state index is 12.3. The second kappa shape index (κ2) is 3.30. The first-order chi connectivity index (χ1) is 5.47. The van der Waals surface area contributed by atoms with Crippen LogP contribution in [0.15, 0.2) is 0 Å². The van der Waals surface area contributed by atoms with Gasteiger partial charge in [0, 0.05) is 12.5 Å². The Hall–Kier alpha value is -0.160. The third-order valence-corrected chi connectivity index (χ3v) is 3.30. The predicted octanol–water partition coefficient (Wildman–Crippen LogP) is 1.10. The molecule has 0 heterocycles. The molecule has 0 radical (unpaired) electrons. The van der Waals surface area contributed by atoms with Gasteiger partial charge in [0.2, 0.25) is 0 Å². The van der Waals surface area contributed by atoms with Gasteiger partial charge in [0.25, 0.3) is 0 Å². The van der Waals surface area contributed by atoms with Crippen molar-refractivity contribution in [3.05, 3.63) is 0 Å². The van der Waals surface area contributed by atoms with Gasteiger partial charge in [-0.3, -0.25) is 0 Å². The van der Waals surface area contributed by atoms with Crippen molar-refractivity contribution in [1.29, 1.82) is 0 Å². The Morgan fingerprint density at radius 2 is 2.08 bits per heavy atom. The highest BCUT2D eigenvalue weighted by Crippen LogP contribution is 2.42. The molecule has 1 aliphatic rings. The highest BCUT2D eigenvalue weighted by molar-refractivity contribution is 7.86. The van der Waals surface area contributed by atoms with Gasteiger partial charge in [-0.2, -0.15) is 8.42 Å². The molecule has 1 fully saturated rings. The van der Waals surface area contributed by atoms with E-state index in [0.29, 0.717) is 6.61 Å². The lowest BCUT2D eigenvalue weighted by atomic mass is 9.71. The van der Waals surface area contributed by atoms with Crippen LogP contribution < -0.4 is 0 Å². The van der Waals surface area contributed by atoms with E-state index < -0.39 is 15.6 Å². The Morgan fingerprint density at radius 3 is 2.33 bits per heavy atom. The van der Waals surface area contributed by atoms with Crippen LogP contribution in [0.5, 0.6) is 0 Å². The summed E-state index contributed by atoms with van der Waals surface area (Å²) < 4.78 is 38.0. The molecule has 1 rings (SSSR count). The number of hydrogen-bond acceptors (Lipinski definition) is 3. The molecule has 1 aliphatic carbocycles. The molecule has 0 N–H and O–H groups in total. The van der Waals surface area contributed by atoms with Gasteiger partial charge in [-0.15, -0.1) is 3.89 Å². The van der Waals surface area contributed by atoms with Crippen molar-refractivity contribution in [3.63, 3.8) is 0 Å². The van der Waals surface area contributed by atoms with Gasteiger partial charge in [-0.25, -0.2) is 0 Å². The molecule has 0 amide bonds. The van der Waals surface area contributed by atoms with Gasteiger partial charge in [0.1, 0.15) is 0 Å². The van der Waals surface area contributed by atoms with Crippen LogP contribution in [-0.2, 0) is 15.0 Å². The molecular formula is C7H13FO3S. The van der Waals surface area contributed by atoms with Crippen LogP contribution in [-0.4, -0.2) is 27.9 Å². The third-order valence-electron chi connectivity index (χ3n) is 2.34. The van der Waals surface area contributed by atoms with Crippen LogP contribution in [0.3, 0.4) is 0 Å². The molecule has 0 aliphatic heterocycles. The highest BCUT2D eigenvalue weighted by atomic mass is 32.3. The van der Waals surface area contributed by atoms with E-state index in [-0.39, 0.29) is 5.75 Å². The SMILES string of the molecule is COCC1(CS(=O)(=O)F)CCC1. The van der Waals surface area contributed by atoms with Crippen molar-refractivity contribution in [2.75, 3.05) is 19.5 Å². The Kier molecular flexibility index (Phi) is 2.73. The quantitative estimate of drug-likeness (QED) is 0.632. The molecule has 3 nitrogen and oxygen atoms in total. The predicted molar refractivity (Wildman–Crippen MR) is 43.1 cm³/mol. The highest BCUT2D eigenvalue weighted by Gasteiger charge is 2.41. The minimum absolute atomic E-state index is 0.343. The first-order valence-electron chi connectivity index (χ1n) is 3.89. The number of ether oxygens (including phenoxy) is 1. The molecule has 0 atom stereocenters. The summed E-state index contributed by atoms with van der Waals surface area (Å²) in [6, 6.07) is 0. The zero-order chi connectivity index (χ0) is 9.24. The lowest BCUT2D eigenvalue weighted by Crippen LogP contribution is -2.39. The van der Waals surface area contributed by atoms with E-state index in [9.17, 15) is 12.3 Å². The topological polar surface area (TPSA) is 43.4 Å².